The van der Waals surface area contributed by atoms with Crippen LogP contribution in [0.5, 0.6) is 0 Å². The fourth-order valence-corrected chi connectivity index (χ4v) is 4.81. The molecule has 3 heterocycles. The van der Waals surface area contributed by atoms with Crippen LogP contribution in [0.2, 0.25) is 0 Å². The van der Waals surface area contributed by atoms with Crippen LogP contribution in [0.4, 0.5) is 19.1 Å². The number of urea groups is 1. The normalized spacial score (nSPS) is 15.9. The van der Waals surface area contributed by atoms with Crippen molar-refractivity contribution >= 4 is 38.8 Å². The summed E-state index contributed by atoms with van der Waals surface area (Å²) in [4.78, 5) is 43.0. The number of thiazole rings is 1. The predicted octanol–water partition coefficient (Wildman–Crippen LogP) is 4.59. The number of fused-ring (bicyclic) bond motifs is 1. The maximum Gasteiger partial charge on any atom is 0.410 e. The molecule has 0 spiro atoms. The molecule has 4 rings (SSSR count). The van der Waals surface area contributed by atoms with E-state index in [9.17, 15) is 18.8 Å². The minimum absolute atomic E-state index is 0.183. The molecule has 1 atom stereocenters. The summed E-state index contributed by atoms with van der Waals surface area (Å²) in [7, 11) is 0. The van der Waals surface area contributed by atoms with E-state index < -0.39 is 17.5 Å². The third-order valence-electron chi connectivity index (χ3n) is 5.50. The largest absolute Gasteiger partial charge is 0.444 e. The third-order valence-corrected chi connectivity index (χ3v) is 6.44. The summed E-state index contributed by atoms with van der Waals surface area (Å²) in [6.45, 7) is 8.57. The third kappa shape index (κ3) is 5.61. The van der Waals surface area contributed by atoms with Gasteiger partial charge in [0.2, 0.25) is 0 Å². The number of halogens is 1. The van der Waals surface area contributed by atoms with E-state index in [1.165, 1.54) is 23.5 Å². The van der Waals surface area contributed by atoms with E-state index in [0.717, 1.165) is 0 Å². The fourth-order valence-electron chi connectivity index (χ4n) is 3.95. The highest BCUT2D eigenvalue weighted by atomic mass is 32.1. The number of pyridine rings is 1. The zero-order chi connectivity index (χ0) is 25.3. The molecule has 3 amide bonds. The minimum Gasteiger partial charge on any atom is -0.444 e. The lowest BCUT2D eigenvalue weighted by molar-refractivity contribution is 0.0289. The lowest BCUT2D eigenvalue weighted by Gasteiger charge is -2.24. The quantitative estimate of drug-likeness (QED) is 0.544. The van der Waals surface area contributed by atoms with Gasteiger partial charge in [-0.1, -0.05) is 11.3 Å². The minimum atomic E-state index is -0.588. The van der Waals surface area contributed by atoms with E-state index in [0.29, 0.717) is 47.0 Å². The summed E-state index contributed by atoms with van der Waals surface area (Å²) in [6.07, 6.45) is 1.86. The van der Waals surface area contributed by atoms with E-state index >= 15 is 0 Å². The Labute approximate surface area is 205 Å². The molecule has 1 fully saturated rings. The molecule has 0 saturated carbocycles. The van der Waals surface area contributed by atoms with Gasteiger partial charge in [-0.15, -0.1) is 0 Å². The molecule has 1 aliphatic rings. The number of nitrogens with zero attached hydrogens (tertiary/aromatic N) is 3. The molecule has 2 N–H and O–H groups in total. The van der Waals surface area contributed by atoms with Crippen molar-refractivity contribution in [3.05, 3.63) is 46.6 Å². The topological polar surface area (TPSA) is 106 Å². The molecule has 1 saturated heterocycles. The van der Waals surface area contributed by atoms with Gasteiger partial charge in [0.25, 0.3) is 5.56 Å². The number of ether oxygens (including phenoxy) is 1. The van der Waals surface area contributed by atoms with E-state index in [2.05, 4.69) is 15.6 Å². The molecule has 1 aromatic carbocycles. The van der Waals surface area contributed by atoms with Crippen molar-refractivity contribution in [3.63, 3.8) is 0 Å². The van der Waals surface area contributed by atoms with Crippen molar-refractivity contribution in [2.24, 2.45) is 0 Å². The summed E-state index contributed by atoms with van der Waals surface area (Å²) in [6, 6.07) is 5.43. The first-order valence-corrected chi connectivity index (χ1v) is 12.2. The Morgan fingerprint density at radius 2 is 2.06 bits per heavy atom. The van der Waals surface area contributed by atoms with Gasteiger partial charge in [-0.05, 0) is 57.9 Å². The van der Waals surface area contributed by atoms with Gasteiger partial charge in [-0.2, -0.15) is 0 Å². The Kier molecular flexibility index (Phi) is 6.79. The van der Waals surface area contributed by atoms with Crippen LogP contribution in [-0.4, -0.2) is 51.8 Å². The Hall–Kier alpha value is -3.47. The molecular weight excluding hydrogens is 473 g/mol. The molecule has 0 aliphatic carbocycles. The van der Waals surface area contributed by atoms with Gasteiger partial charge in [0.15, 0.2) is 5.13 Å². The van der Waals surface area contributed by atoms with Gasteiger partial charge in [0.05, 0.1) is 16.3 Å². The van der Waals surface area contributed by atoms with E-state index in [1.807, 2.05) is 20.8 Å². The molecule has 2 aromatic heterocycles. The molecule has 1 aliphatic heterocycles. The number of hydrogen-bond acceptors (Lipinski definition) is 6. The molecule has 9 nitrogen and oxygen atoms in total. The van der Waals surface area contributed by atoms with Crippen molar-refractivity contribution in [2.75, 3.05) is 25.0 Å². The molecule has 3 aromatic rings. The first kappa shape index (κ1) is 24.6. The number of carbonyl (C=O) groups excluding carboxylic acids is 2. The van der Waals surface area contributed by atoms with Crippen LogP contribution in [0, 0.1) is 5.82 Å². The Morgan fingerprint density at radius 3 is 2.74 bits per heavy atom. The predicted molar refractivity (Wildman–Crippen MR) is 133 cm³/mol. The van der Waals surface area contributed by atoms with Gasteiger partial charge in [-0.3, -0.25) is 10.1 Å². The second kappa shape index (κ2) is 9.65. The van der Waals surface area contributed by atoms with Crippen LogP contribution in [-0.2, 0) is 4.74 Å². The molecule has 35 heavy (non-hydrogen) atoms. The highest BCUT2D eigenvalue weighted by Gasteiger charge is 2.31. The van der Waals surface area contributed by atoms with Crippen molar-refractivity contribution in [1.82, 2.24) is 19.8 Å². The van der Waals surface area contributed by atoms with Gasteiger partial charge in [0, 0.05) is 37.5 Å². The molecule has 0 radical (unpaired) electrons. The smallest absolute Gasteiger partial charge is 0.410 e. The van der Waals surface area contributed by atoms with Crippen LogP contribution < -0.4 is 16.2 Å². The van der Waals surface area contributed by atoms with Gasteiger partial charge in [-0.25, -0.2) is 19.0 Å². The second-order valence-corrected chi connectivity index (χ2v) is 10.4. The van der Waals surface area contributed by atoms with Crippen LogP contribution in [0.3, 0.4) is 0 Å². The van der Waals surface area contributed by atoms with E-state index in [-0.39, 0.29) is 23.2 Å². The number of aromatic nitrogens is 2. The van der Waals surface area contributed by atoms with Crippen molar-refractivity contribution < 1.29 is 18.7 Å². The molecule has 11 heteroatoms. The van der Waals surface area contributed by atoms with Gasteiger partial charge >= 0.3 is 12.1 Å². The Morgan fingerprint density at radius 1 is 1.29 bits per heavy atom. The summed E-state index contributed by atoms with van der Waals surface area (Å²) in [5.74, 6) is -0.486. The average molecular weight is 502 g/mol. The van der Waals surface area contributed by atoms with Crippen LogP contribution in [0.25, 0.3) is 21.3 Å². The summed E-state index contributed by atoms with van der Waals surface area (Å²) in [5.41, 5.74) is 0.327. The number of carbonyl (C=O) groups is 2. The lowest BCUT2D eigenvalue weighted by atomic mass is 10.1. The van der Waals surface area contributed by atoms with Crippen molar-refractivity contribution in [2.45, 2.75) is 45.8 Å². The maximum atomic E-state index is 14.9. The molecular formula is C24H28FN5O4S. The monoisotopic (exact) mass is 501 g/mol. The second-order valence-electron chi connectivity index (χ2n) is 9.33. The van der Waals surface area contributed by atoms with E-state index in [4.69, 9.17) is 4.74 Å². The van der Waals surface area contributed by atoms with Crippen LogP contribution >= 0.6 is 11.3 Å². The first-order valence-electron chi connectivity index (χ1n) is 11.4. The van der Waals surface area contributed by atoms with Crippen LogP contribution in [0.1, 0.15) is 40.2 Å². The Balaban J connectivity index is 1.54. The molecule has 1 unspecified atom stereocenters. The fraction of sp³-hybridized carbons (Fsp3) is 0.417. The van der Waals surface area contributed by atoms with E-state index in [1.54, 1.807) is 34.7 Å². The lowest BCUT2D eigenvalue weighted by Crippen LogP contribution is -2.36. The number of benzene rings is 1. The first-order chi connectivity index (χ1) is 16.5. The molecule has 186 valence electrons. The SMILES string of the molecule is CCNC(=O)Nc1nc2cc(-c3ccn(C4CCN(C(=O)OC(C)(C)C)C4)c(=O)c3)c(F)cc2s1. The number of hydrogen-bond donors (Lipinski definition) is 2. The highest BCUT2D eigenvalue weighted by Crippen LogP contribution is 2.32. The number of rotatable bonds is 4. The Bertz CT molecular complexity index is 1330. The summed E-state index contributed by atoms with van der Waals surface area (Å²) >= 11 is 1.17. The van der Waals surface area contributed by atoms with Gasteiger partial charge < -0.3 is 19.5 Å². The highest BCUT2D eigenvalue weighted by molar-refractivity contribution is 7.22. The zero-order valence-corrected chi connectivity index (χ0v) is 20.9. The van der Waals surface area contributed by atoms with Crippen LogP contribution in [0.15, 0.2) is 35.3 Å². The summed E-state index contributed by atoms with van der Waals surface area (Å²) in [5, 5.41) is 5.60. The number of amides is 3. The average Bonchev–Trinajstić information content (AvgIpc) is 3.38. The zero-order valence-electron chi connectivity index (χ0n) is 20.1. The summed E-state index contributed by atoms with van der Waals surface area (Å²) < 4.78 is 22.5. The standard InChI is InChI=1S/C24H28FN5O4S/c1-5-26-21(32)28-22-27-18-11-16(17(25)12-19(18)35-22)14-6-9-30(20(31)10-14)15-7-8-29(13-15)23(33)34-24(2,3)4/h6,9-12,15H,5,7-8,13H2,1-4H3,(H2,26,27,28,32). The number of likely N-dealkylation sites (tertiary alicyclic amines) is 1. The number of nitrogens with one attached hydrogen (secondary N) is 2. The molecule has 0 bridgehead atoms. The van der Waals surface area contributed by atoms with Crippen molar-refractivity contribution in [1.29, 1.82) is 0 Å². The number of anilines is 1. The maximum absolute atomic E-state index is 14.9. The van der Waals surface area contributed by atoms with Gasteiger partial charge in [0.1, 0.15) is 11.4 Å². The van der Waals surface area contributed by atoms with Crippen molar-refractivity contribution in [3.8, 4) is 11.1 Å².